The van der Waals surface area contributed by atoms with Gasteiger partial charge in [-0.15, -0.1) is 0 Å². The molecule has 31 heavy (non-hydrogen) atoms. The summed E-state index contributed by atoms with van der Waals surface area (Å²) >= 11 is 0. The quantitative estimate of drug-likeness (QED) is 0.454. The number of carbonyl (C=O) groups is 2. The number of aliphatic hydroxyl groups excluding tert-OH is 1. The molecule has 0 saturated carbocycles. The Morgan fingerprint density at radius 3 is 2.58 bits per heavy atom. The third kappa shape index (κ3) is 3.93. The first kappa shape index (κ1) is 21.1. The van der Waals surface area contributed by atoms with Crippen molar-refractivity contribution in [1.29, 1.82) is 0 Å². The van der Waals surface area contributed by atoms with Crippen molar-refractivity contribution in [2.45, 2.75) is 25.5 Å². The number of likely N-dealkylation sites (N-methyl/N-ethyl adjacent to an activating group) is 1. The third-order valence-electron chi connectivity index (χ3n) is 5.68. The van der Waals surface area contributed by atoms with Crippen LogP contribution in [-0.2, 0) is 16.0 Å². The number of halogens is 1. The second-order valence-electron chi connectivity index (χ2n) is 8.30. The Bertz CT molecular complexity index is 1060. The number of ether oxygens (including phenoxy) is 1. The number of carbonyl (C=O) groups excluding carboxylic acids is 2. The van der Waals surface area contributed by atoms with Crippen LogP contribution in [0.2, 0.25) is 0 Å². The highest BCUT2D eigenvalue weighted by atomic mass is 19.1. The minimum atomic E-state index is -0.788. The number of hydrogen-bond donors (Lipinski definition) is 1. The molecule has 0 aliphatic carbocycles. The van der Waals surface area contributed by atoms with Gasteiger partial charge in [0.05, 0.1) is 11.6 Å². The topological polar surface area (TPSA) is 70.1 Å². The number of rotatable bonds is 5. The zero-order valence-electron chi connectivity index (χ0n) is 17.8. The molecule has 2 aromatic carbocycles. The van der Waals surface area contributed by atoms with Crippen molar-refractivity contribution < 1.29 is 23.8 Å². The minimum absolute atomic E-state index is 0.0160. The molecule has 2 aliphatic heterocycles. The van der Waals surface area contributed by atoms with Crippen molar-refractivity contribution >= 4 is 17.4 Å². The van der Waals surface area contributed by atoms with Crippen LogP contribution in [0.3, 0.4) is 0 Å². The first-order chi connectivity index (χ1) is 14.8. The van der Waals surface area contributed by atoms with Crippen molar-refractivity contribution in [2.24, 2.45) is 0 Å². The number of nitrogens with zero attached hydrogens (tertiary/aromatic N) is 2. The summed E-state index contributed by atoms with van der Waals surface area (Å²) in [6.07, 6.45) is 0.748. The van der Waals surface area contributed by atoms with Gasteiger partial charge in [0.25, 0.3) is 11.7 Å². The van der Waals surface area contributed by atoms with Crippen molar-refractivity contribution in [3.8, 4) is 5.75 Å². The number of aliphatic hydroxyl groups is 1. The lowest BCUT2D eigenvalue weighted by Gasteiger charge is -2.26. The second-order valence-corrected chi connectivity index (χ2v) is 8.30. The number of amides is 1. The molecule has 2 aliphatic rings. The van der Waals surface area contributed by atoms with Crippen LogP contribution in [0.15, 0.2) is 48.0 Å². The van der Waals surface area contributed by atoms with E-state index in [0.29, 0.717) is 30.6 Å². The molecule has 2 atom stereocenters. The summed E-state index contributed by atoms with van der Waals surface area (Å²) in [6, 6.07) is 10.1. The number of likely N-dealkylation sites (tertiary alicyclic amines) is 1. The third-order valence-corrected chi connectivity index (χ3v) is 5.68. The highest BCUT2D eigenvalue weighted by molar-refractivity contribution is 6.46. The van der Waals surface area contributed by atoms with E-state index in [4.69, 9.17) is 4.74 Å². The van der Waals surface area contributed by atoms with Crippen LogP contribution in [0.1, 0.15) is 29.7 Å². The van der Waals surface area contributed by atoms with E-state index in [1.54, 1.807) is 30.3 Å². The smallest absolute Gasteiger partial charge is 0.295 e. The Labute approximate surface area is 180 Å². The molecule has 0 spiro atoms. The molecule has 1 fully saturated rings. The summed E-state index contributed by atoms with van der Waals surface area (Å²) in [5, 5.41) is 11.1. The van der Waals surface area contributed by atoms with E-state index in [1.807, 2.05) is 25.9 Å². The maximum atomic E-state index is 13.5. The predicted octanol–water partition coefficient (Wildman–Crippen LogP) is 3.13. The molecule has 1 N–H and O–H groups in total. The second kappa shape index (κ2) is 8.15. The maximum absolute atomic E-state index is 13.5. The first-order valence-corrected chi connectivity index (χ1v) is 10.2. The highest BCUT2D eigenvalue weighted by Crippen LogP contribution is 2.40. The molecule has 0 aromatic heterocycles. The molecule has 7 heteroatoms. The van der Waals surface area contributed by atoms with Crippen molar-refractivity contribution in [2.75, 3.05) is 27.2 Å². The van der Waals surface area contributed by atoms with Gasteiger partial charge in [0, 0.05) is 25.1 Å². The SMILES string of the molecule is CC1Cc2cc(/C(O)=C3\C(=O)C(=O)N(CCN(C)C)C3c3ccc(F)cc3)ccc2O1. The van der Waals surface area contributed by atoms with E-state index >= 15 is 0 Å². The first-order valence-electron chi connectivity index (χ1n) is 10.2. The zero-order valence-corrected chi connectivity index (χ0v) is 17.8. The zero-order chi connectivity index (χ0) is 22.3. The Balaban J connectivity index is 1.81. The summed E-state index contributed by atoms with van der Waals surface area (Å²) < 4.78 is 19.2. The van der Waals surface area contributed by atoms with Crippen molar-refractivity contribution in [1.82, 2.24) is 9.80 Å². The van der Waals surface area contributed by atoms with Gasteiger partial charge in [-0.2, -0.15) is 0 Å². The van der Waals surface area contributed by atoms with Gasteiger partial charge in [0.1, 0.15) is 23.4 Å². The molecule has 6 nitrogen and oxygen atoms in total. The Hall–Kier alpha value is -3.19. The Kier molecular flexibility index (Phi) is 5.54. The van der Waals surface area contributed by atoms with E-state index in [1.165, 1.54) is 17.0 Å². The number of fused-ring (bicyclic) bond motifs is 1. The molecule has 162 valence electrons. The largest absolute Gasteiger partial charge is 0.507 e. The van der Waals surface area contributed by atoms with Gasteiger partial charge in [-0.25, -0.2) is 4.39 Å². The van der Waals surface area contributed by atoms with Crippen LogP contribution in [0, 0.1) is 5.82 Å². The fourth-order valence-corrected chi connectivity index (χ4v) is 4.13. The van der Waals surface area contributed by atoms with Gasteiger partial charge in [0.15, 0.2) is 0 Å². The molecule has 2 aromatic rings. The lowest BCUT2D eigenvalue weighted by molar-refractivity contribution is -0.140. The number of hydrogen-bond acceptors (Lipinski definition) is 5. The van der Waals surface area contributed by atoms with Crippen molar-refractivity contribution in [3.63, 3.8) is 0 Å². The molecule has 0 bridgehead atoms. The average Bonchev–Trinajstić information content (AvgIpc) is 3.22. The maximum Gasteiger partial charge on any atom is 0.295 e. The summed E-state index contributed by atoms with van der Waals surface area (Å²) in [4.78, 5) is 29.2. The minimum Gasteiger partial charge on any atom is -0.507 e. The molecule has 0 radical (unpaired) electrons. The van der Waals surface area contributed by atoms with Crippen LogP contribution >= 0.6 is 0 Å². The van der Waals surface area contributed by atoms with Crippen LogP contribution in [0.5, 0.6) is 5.75 Å². The van der Waals surface area contributed by atoms with E-state index in [-0.39, 0.29) is 17.4 Å². The molecule has 1 amide bonds. The fourth-order valence-electron chi connectivity index (χ4n) is 4.13. The van der Waals surface area contributed by atoms with E-state index in [2.05, 4.69) is 0 Å². The standard InChI is InChI=1S/C24H25FN2O4/c1-14-12-17-13-16(6-9-19(17)31-14)22(28)20-21(15-4-7-18(25)8-5-15)27(11-10-26(2)3)24(30)23(20)29/h4-9,13-14,21,28H,10-12H2,1-3H3/b22-20+. The van der Waals surface area contributed by atoms with Crippen LogP contribution in [0.25, 0.3) is 5.76 Å². The molecule has 2 unspecified atom stereocenters. The van der Waals surface area contributed by atoms with Gasteiger partial charge < -0.3 is 19.6 Å². The number of ketones is 1. The highest BCUT2D eigenvalue weighted by Gasteiger charge is 2.46. The van der Waals surface area contributed by atoms with Gasteiger partial charge in [-0.1, -0.05) is 12.1 Å². The lowest BCUT2D eigenvalue weighted by Crippen LogP contribution is -2.35. The average molecular weight is 424 g/mol. The Morgan fingerprint density at radius 2 is 1.90 bits per heavy atom. The van der Waals surface area contributed by atoms with E-state index < -0.39 is 23.5 Å². The summed E-state index contributed by atoms with van der Waals surface area (Å²) in [5.74, 6) is -1.30. The molecular weight excluding hydrogens is 399 g/mol. The van der Waals surface area contributed by atoms with Gasteiger partial charge in [-0.05, 0) is 62.5 Å². The number of Topliss-reactive ketones (excluding diaryl/α,β-unsaturated/α-hetero) is 1. The lowest BCUT2D eigenvalue weighted by atomic mass is 9.94. The van der Waals surface area contributed by atoms with Crippen LogP contribution < -0.4 is 4.74 Å². The predicted molar refractivity (Wildman–Crippen MR) is 114 cm³/mol. The fraction of sp³-hybridized carbons (Fsp3) is 0.333. The Morgan fingerprint density at radius 1 is 1.19 bits per heavy atom. The van der Waals surface area contributed by atoms with Crippen LogP contribution in [-0.4, -0.2) is 59.9 Å². The molecule has 1 saturated heterocycles. The summed E-state index contributed by atoms with van der Waals surface area (Å²) in [6.45, 7) is 2.80. The van der Waals surface area contributed by atoms with E-state index in [0.717, 1.165) is 11.3 Å². The molecule has 2 heterocycles. The molecule has 4 rings (SSSR count). The normalized spacial score (nSPS) is 22.2. The van der Waals surface area contributed by atoms with Gasteiger partial charge >= 0.3 is 0 Å². The van der Waals surface area contributed by atoms with Gasteiger partial charge in [0.2, 0.25) is 0 Å². The summed E-state index contributed by atoms with van der Waals surface area (Å²) in [7, 11) is 3.74. The number of benzene rings is 2. The van der Waals surface area contributed by atoms with Crippen molar-refractivity contribution in [3.05, 3.63) is 70.5 Å². The molecular formula is C24H25FN2O4. The monoisotopic (exact) mass is 424 g/mol. The van der Waals surface area contributed by atoms with Crippen LogP contribution in [0.4, 0.5) is 4.39 Å². The summed E-state index contributed by atoms with van der Waals surface area (Å²) in [5.41, 5.74) is 1.98. The van der Waals surface area contributed by atoms with Gasteiger partial charge in [-0.3, -0.25) is 9.59 Å². The van der Waals surface area contributed by atoms with E-state index in [9.17, 15) is 19.1 Å².